The molecule has 0 radical (unpaired) electrons. The van der Waals surface area contributed by atoms with E-state index in [1.165, 1.54) is 11.8 Å². The fraction of sp³-hybridized carbons (Fsp3) is 0.500. The maximum absolute atomic E-state index is 12.2. The van der Waals surface area contributed by atoms with Crippen LogP contribution in [0, 0.1) is 10.1 Å². The van der Waals surface area contributed by atoms with Crippen LogP contribution in [0.2, 0.25) is 0 Å². The number of nitro groups is 1. The first-order valence-electron chi connectivity index (χ1n) is 5.67. The normalized spacial score (nSPS) is 15.8. The number of hydrogen-bond acceptors (Lipinski definition) is 5. The van der Waals surface area contributed by atoms with Crippen LogP contribution in [0.4, 0.5) is 5.82 Å². The first-order chi connectivity index (χ1) is 8.91. The SMILES string of the molecule is CC(C(=O)O)N(C(=O)c1cc([N+](=O)[O-])[nH]n1)C1CC1. The molecule has 19 heavy (non-hydrogen) atoms. The smallest absolute Gasteiger partial charge is 0.343 e. The van der Waals surface area contributed by atoms with Gasteiger partial charge in [0.2, 0.25) is 0 Å². The summed E-state index contributed by atoms with van der Waals surface area (Å²) in [4.78, 5) is 34.2. The highest BCUT2D eigenvalue weighted by Gasteiger charge is 2.40. The van der Waals surface area contributed by atoms with Gasteiger partial charge in [0.1, 0.15) is 6.04 Å². The molecular formula is C10H12N4O5. The van der Waals surface area contributed by atoms with Gasteiger partial charge in [0, 0.05) is 6.04 Å². The third-order valence-corrected chi connectivity index (χ3v) is 2.93. The van der Waals surface area contributed by atoms with Gasteiger partial charge < -0.3 is 20.1 Å². The Kier molecular flexibility index (Phi) is 3.19. The van der Waals surface area contributed by atoms with Crippen molar-refractivity contribution in [3.63, 3.8) is 0 Å². The Hall–Kier alpha value is -2.45. The summed E-state index contributed by atoms with van der Waals surface area (Å²) >= 11 is 0. The Labute approximate surface area is 107 Å². The molecule has 1 saturated carbocycles. The van der Waals surface area contributed by atoms with Crippen molar-refractivity contribution in [1.29, 1.82) is 0 Å². The van der Waals surface area contributed by atoms with Gasteiger partial charge in [-0.2, -0.15) is 0 Å². The lowest BCUT2D eigenvalue weighted by Crippen LogP contribution is -2.44. The van der Waals surface area contributed by atoms with Crippen molar-refractivity contribution >= 4 is 17.7 Å². The van der Waals surface area contributed by atoms with E-state index in [1.54, 1.807) is 0 Å². The Morgan fingerprint density at radius 1 is 1.63 bits per heavy atom. The van der Waals surface area contributed by atoms with Gasteiger partial charge in [-0.15, -0.1) is 5.10 Å². The number of H-pyrrole nitrogens is 1. The third kappa shape index (κ3) is 2.54. The maximum Gasteiger partial charge on any atom is 0.343 e. The number of carbonyl (C=O) groups is 2. The van der Waals surface area contributed by atoms with Crippen molar-refractivity contribution in [2.75, 3.05) is 0 Å². The number of carbonyl (C=O) groups excluding carboxylic acids is 1. The van der Waals surface area contributed by atoms with E-state index in [2.05, 4.69) is 10.2 Å². The molecule has 1 fully saturated rings. The van der Waals surface area contributed by atoms with Crippen LogP contribution in [0.1, 0.15) is 30.3 Å². The maximum atomic E-state index is 12.2. The fourth-order valence-electron chi connectivity index (χ4n) is 1.78. The van der Waals surface area contributed by atoms with Crippen LogP contribution in [0.3, 0.4) is 0 Å². The first-order valence-corrected chi connectivity index (χ1v) is 5.67. The number of nitrogens with zero attached hydrogens (tertiary/aromatic N) is 3. The number of nitrogens with one attached hydrogen (secondary N) is 1. The standard InChI is InChI=1S/C10H12N4O5/c1-5(10(16)17)13(6-2-3-6)9(15)7-4-8(12-11-7)14(18)19/h4-6H,2-3H2,1H3,(H,11,12)(H,16,17). The van der Waals surface area contributed by atoms with E-state index < -0.39 is 28.7 Å². The Bertz CT molecular complexity index is 536. The second kappa shape index (κ2) is 4.67. The second-order valence-electron chi connectivity index (χ2n) is 4.35. The monoisotopic (exact) mass is 268 g/mol. The zero-order valence-corrected chi connectivity index (χ0v) is 10.1. The van der Waals surface area contributed by atoms with E-state index in [4.69, 9.17) is 5.11 Å². The van der Waals surface area contributed by atoms with E-state index in [-0.39, 0.29) is 11.7 Å². The summed E-state index contributed by atoms with van der Waals surface area (Å²) in [5.74, 6) is -2.13. The molecule has 1 heterocycles. The number of aromatic amines is 1. The van der Waals surface area contributed by atoms with Crippen molar-refractivity contribution in [2.24, 2.45) is 0 Å². The topological polar surface area (TPSA) is 129 Å². The van der Waals surface area contributed by atoms with Crippen molar-refractivity contribution in [3.05, 3.63) is 21.9 Å². The number of hydrogen-bond donors (Lipinski definition) is 2. The highest BCUT2D eigenvalue weighted by atomic mass is 16.6. The van der Waals surface area contributed by atoms with Crippen molar-refractivity contribution in [1.82, 2.24) is 15.1 Å². The molecule has 0 saturated heterocycles. The third-order valence-electron chi connectivity index (χ3n) is 2.93. The van der Waals surface area contributed by atoms with Crippen molar-refractivity contribution < 1.29 is 19.6 Å². The van der Waals surface area contributed by atoms with Crippen LogP contribution >= 0.6 is 0 Å². The zero-order chi connectivity index (χ0) is 14.2. The van der Waals surface area contributed by atoms with E-state index >= 15 is 0 Å². The highest BCUT2D eigenvalue weighted by Crippen LogP contribution is 2.30. The van der Waals surface area contributed by atoms with Gasteiger partial charge >= 0.3 is 11.8 Å². The minimum atomic E-state index is -1.12. The average molecular weight is 268 g/mol. The van der Waals surface area contributed by atoms with Crippen LogP contribution < -0.4 is 0 Å². The molecule has 2 N–H and O–H groups in total. The molecule has 1 aromatic rings. The highest BCUT2D eigenvalue weighted by molar-refractivity contribution is 5.95. The van der Waals surface area contributed by atoms with Gasteiger partial charge in [0.05, 0.1) is 6.07 Å². The number of rotatable bonds is 5. The lowest BCUT2D eigenvalue weighted by Gasteiger charge is -2.25. The molecule has 1 amide bonds. The summed E-state index contributed by atoms with van der Waals surface area (Å²) in [6.07, 6.45) is 1.46. The summed E-state index contributed by atoms with van der Waals surface area (Å²) in [5, 5.41) is 25.2. The first kappa shape index (κ1) is 13.0. The number of aromatic nitrogens is 2. The van der Waals surface area contributed by atoms with Gasteiger partial charge in [-0.1, -0.05) is 5.10 Å². The molecule has 1 atom stereocenters. The van der Waals surface area contributed by atoms with Crippen LogP contribution in [-0.4, -0.2) is 49.1 Å². The van der Waals surface area contributed by atoms with Gasteiger partial charge in [0.25, 0.3) is 5.91 Å². The minimum absolute atomic E-state index is 0.130. The molecule has 102 valence electrons. The molecule has 0 spiro atoms. The second-order valence-corrected chi connectivity index (χ2v) is 4.35. The molecule has 2 rings (SSSR count). The molecule has 0 aromatic carbocycles. The Balaban J connectivity index is 2.23. The molecule has 9 heteroatoms. The predicted molar refractivity (Wildman–Crippen MR) is 61.5 cm³/mol. The van der Waals surface area contributed by atoms with E-state index in [9.17, 15) is 19.7 Å². The average Bonchev–Trinajstić information content (AvgIpc) is 3.04. The Morgan fingerprint density at radius 3 is 2.68 bits per heavy atom. The van der Waals surface area contributed by atoms with Crippen LogP contribution in [-0.2, 0) is 4.79 Å². The van der Waals surface area contributed by atoms with Crippen LogP contribution in [0.25, 0.3) is 0 Å². The minimum Gasteiger partial charge on any atom is -0.480 e. The number of amides is 1. The number of aliphatic carboxylic acids is 1. The largest absolute Gasteiger partial charge is 0.480 e. The Morgan fingerprint density at radius 2 is 2.26 bits per heavy atom. The predicted octanol–water partition coefficient (Wildman–Crippen LogP) is 0.396. The van der Waals surface area contributed by atoms with Crippen molar-refractivity contribution in [2.45, 2.75) is 31.8 Å². The van der Waals surface area contributed by atoms with E-state index in [1.807, 2.05) is 0 Å². The fourth-order valence-corrected chi connectivity index (χ4v) is 1.78. The van der Waals surface area contributed by atoms with Crippen LogP contribution in [0.5, 0.6) is 0 Å². The lowest BCUT2D eigenvalue weighted by molar-refractivity contribution is -0.389. The van der Waals surface area contributed by atoms with Crippen LogP contribution in [0.15, 0.2) is 6.07 Å². The molecule has 9 nitrogen and oxygen atoms in total. The molecule has 1 unspecified atom stereocenters. The van der Waals surface area contributed by atoms with Gasteiger partial charge in [-0.05, 0) is 24.7 Å². The van der Waals surface area contributed by atoms with Crippen molar-refractivity contribution in [3.8, 4) is 0 Å². The summed E-state index contributed by atoms with van der Waals surface area (Å²) < 4.78 is 0. The molecule has 0 aliphatic heterocycles. The van der Waals surface area contributed by atoms with Gasteiger partial charge in [0.15, 0.2) is 5.69 Å². The van der Waals surface area contributed by atoms with E-state index in [0.717, 1.165) is 18.9 Å². The lowest BCUT2D eigenvalue weighted by atomic mass is 10.2. The number of carboxylic acids is 1. The summed E-state index contributed by atoms with van der Waals surface area (Å²) in [7, 11) is 0. The number of carboxylic acid groups (broad SMARTS) is 1. The summed E-state index contributed by atoms with van der Waals surface area (Å²) in [5.41, 5.74) is -0.147. The zero-order valence-electron chi connectivity index (χ0n) is 10.1. The molecule has 0 bridgehead atoms. The van der Waals surface area contributed by atoms with E-state index in [0.29, 0.717) is 0 Å². The van der Waals surface area contributed by atoms with Gasteiger partial charge in [-0.3, -0.25) is 4.79 Å². The molecule has 1 aliphatic carbocycles. The molecule has 1 aromatic heterocycles. The quantitative estimate of drug-likeness (QED) is 0.587. The summed E-state index contributed by atoms with van der Waals surface area (Å²) in [6.45, 7) is 1.40. The summed E-state index contributed by atoms with van der Waals surface area (Å²) in [6, 6.07) is -0.114. The molecule has 1 aliphatic rings. The molecular weight excluding hydrogens is 256 g/mol. The van der Waals surface area contributed by atoms with Gasteiger partial charge in [-0.25, -0.2) is 4.79 Å².